The van der Waals surface area contributed by atoms with Crippen LogP contribution >= 0.6 is 0 Å². The maximum atomic E-state index is 5.62. The van der Waals surface area contributed by atoms with Crippen LogP contribution in [0, 0.1) is 0 Å². The van der Waals surface area contributed by atoms with Crippen LogP contribution in [0.15, 0.2) is 36.7 Å². The van der Waals surface area contributed by atoms with E-state index in [0.717, 1.165) is 5.56 Å². The molecule has 0 saturated carbocycles. The number of aromatic nitrogens is 2. The van der Waals surface area contributed by atoms with Crippen LogP contribution in [0.25, 0.3) is 0 Å². The molecule has 18 heavy (non-hydrogen) atoms. The van der Waals surface area contributed by atoms with Crippen molar-refractivity contribution in [3.8, 4) is 11.5 Å². The molecule has 0 aliphatic rings. The minimum atomic E-state index is 0.305. The largest absolute Gasteiger partial charge is 0.493 e. The zero-order valence-corrected chi connectivity index (χ0v) is 10.2. The summed E-state index contributed by atoms with van der Waals surface area (Å²) in [5.41, 5.74) is 6.57. The monoisotopic (exact) mass is 245 g/mol. The van der Waals surface area contributed by atoms with Crippen molar-refractivity contribution in [2.45, 2.75) is 13.2 Å². The Kier molecular flexibility index (Phi) is 4.09. The number of benzene rings is 1. The van der Waals surface area contributed by atoms with Gasteiger partial charge in [0.25, 0.3) is 0 Å². The Labute approximate surface area is 106 Å². The lowest BCUT2D eigenvalue weighted by atomic mass is 10.2. The summed E-state index contributed by atoms with van der Waals surface area (Å²) in [5, 5.41) is 0. The third-order valence-electron chi connectivity index (χ3n) is 2.44. The second-order valence-electron chi connectivity index (χ2n) is 3.64. The van der Waals surface area contributed by atoms with E-state index >= 15 is 0 Å². The van der Waals surface area contributed by atoms with Crippen molar-refractivity contribution in [2.75, 3.05) is 7.11 Å². The molecule has 94 valence electrons. The van der Waals surface area contributed by atoms with E-state index in [1.165, 1.54) is 0 Å². The molecule has 5 heteroatoms. The van der Waals surface area contributed by atoms with E-state index in [-0.39, 0.29) is 0 Å². The highest BCUT2D eigenvalue weighted by molar-refractivity contribution is 5.42. The number of methoxy groups -OCH3 is 1. The predicted octanol–water partition coefficient (Wildman–Crippen LogP) is 1.52. The SMILES string of the molecule is COc1cc(CN)ccc1OCc1ncccn1. The lowest BCUT2D eigenvalue weighted by Crippen LogP contribution is -2.03. The first-order valence-electron chi connectivity index (χ1n) is 5.59. The maximum absolute atomic E-state index is 5.62. The average Bonchev–Trinajstić information content (AvgIpc) is 2.46. The average molecular weight is 245 g/mol. The molecule has 0 spiro atoms. The van der Waals surface area contributed by atoms with Crippen LogP contribution in [0.1, 0.15) is 11.4 Å². The van der Waals surface area contributed by atoms with Crippen molar-refractivity contribution in [3.63, 3.8) is 0 Å². The number of hydrogen-bond acceptors (Lipinski definition) is 5. The minimum absolute atomic E-state index is 0.305. The van der Waals surface area contributed by atoms with E-state index in [0.29, 0.717) is 30.5 Å². The van der Waals surface area contributed by atoms with Gasteiger partial charge in [0.05, 0.1) is 7.11 Å². The van der Waals surface area contributed by atoms with Gasteiger partial charge in [0.1, 0.15) is 6.61 Å². The molecule has 1 aromatic heterocycles. The van der Waals surface area contributed by atoms with Gasteiger partial charge in [-0.1, -0.05) is 6.07 Å². The molecule has 0 unspecified atom stereocenters. The zero-order chi connectivity index (χ0) is 12.8. The van der Waals surface area contributed by atoms with Crippen LogP contribution in [0.3, 0.4) is 0 Å². The van der Waals surface area contributed by atoms with Crippen molar-refractivity contribution in [1.82, 2.24) is 9.97 Å². The number of nitrogens with zero attached hydrogens (tertiary/aromatic N) is 2. The Balaban J connectivity index is 2.09. The summed E-state index contributed by atoms with van der Waals surface area (Å²) >= 11 is 0. The summed E-state index contributed by atoms with van der Waals surface area (Å²) in [6, 6.07) is 7.37. The first kappa shape index (κ1) is 12.3. The van der Waals surface area contributed by atoms with E-state index in [4.69, 9.17) is 15.2 Å². The molecule has 0 aliphatic carbocycles. The second-order valence-corrected chi connectivity index (χ2v) is 3.64. The lowest BCUT2D eigenvalue weighted by molar-refractivity contribution is 0.276. The van der Waals surface area contributed by atoms with E-state index in [2.05, 4.69) is 9.97 Å². The van der Waals surface area contributed by atoms with Crippen LogP contribution < -0.4 is 15.2 Å². The van der Waals surface area contributed by atoms with Gasteiger partial charge in [0.2, 0.25) is 0 Å². The van der Waals surface area contributed by atoms with Gasteiger partial charge in [-0.15, -0.1) is 0 Å². The van der Waals surface area contributed by atoms with Crippen LogP contribution in [-0.2, 0) is 13.2 Å². The van der Waals surface area contributed by atoms with Gasteiger partial charge in [-0.05, 0) is 23.8 Å². The Hall–Kier alpha value is -2.14. The topological polar surface area (TPSA) is 70.3 Å². The predicted molar refractivity (Wildman–Crippen MR) is 67.2 cm³/mol. The summed E-state index contributed by atoms with van der Waals surface area (Å²) in [6.45, 7) is 0.775. The molecule has 0 fully saturated rings. The van der Waals surface area contributed by atoms with Gasteiger partial charge in [-0.2, -0.15) is 0 Å². The zero-order valence-electron chi connectivity index (χ0n) is 10.2. The quantitative estimate of drug-likeness (QED) is 0.864. The van der Waals surface area contributed by atoms with Crippen LogP contribution in [0.5, 0.6) is 11.5 Å². The highest BCUT2D eigenvalue weighted by atomic mass is 16.5. The molecular formula is C13H15N3O2. The molecule has 2 N–H and O–H groups in total. The maximum Gasteiger partial charge on any atom is 0.166 e. The number of ether oxygens (including phenoxy) is 2. The Morgan fingerprint density at radius 3 is 2.61 bits per heavy atom. The minimum Gasteiger partial charge on any atom is -0.493 e. The highest BCUT2D eigenvalue weighted by Crippen LogP contribution is 2.28. The first-order valence-corrected chi connectivity index (χ1v) is 5.59. The smallest absolute Gasteiger partial charge is 0.166 e. The molecule has 1 aromatic carbocycles. The Morgan fingerprint density at radius 1 is 1.17 bits per heavy atom. The summed E-state index contributed by atoms with van der Waals surface area (Å²) in [5.74, 6) is 1.94. The molecule has 0 amide bonds. The number of rotatable bonds is 5. The standard InChI is InChI=1S/C13H15N3O2/c1-17-12-7-10(8-14)3-4-11(12)18-9-13-15-5-2-6-16-13/h2-7H,8-9,14H2,1H3. The number of hydrogen-bond donors (Lipinski definition) is 1. The van der Waals surface area contributed by atoms with E-state index in [1.54, 1.807) is 25.6 Å². The fraction of sp³-hybridized carbons (Fsp3) is 0.231. The third kappa shape index (κ3) is 2.95. The normalized spacial score (nSPS) is 10.1. The van der Waals surface area contributed by atoms with Crippen LogP contribution in [0.2, 0.25) is 0 Å². The van der Waals surface area contributed by atoms with Gasteiger partial charge in [0, 0.05) is 18.9 Å². The molecule has 0 saturated heterocycles. The van der Waals surface area contributed by atoms with Crippen molar-refractivity contribution in [3.05, 3.63) is 48.0 Å². The second kappa shape index (κ2) is 5.97. The van der Waals surface area contributed by atoms with Crippen molar-refractivity contribution in [1.29, 1.82) is 0 Å². The van der Waals surface area contributed by atoms with Crippen molar-refractivity contribution in [2.24, 2.45) is 5.73 Å². The van der Waals surface area contributed by atoms with Crippen LogP contribution in [-0.4, -0.2) is 17.1 Å². The Bertz CT molecular complexity index is 503. The summed E-state index contributed by atoms with van der Waals surface area (Å²) in [7, 11) is 1.60. The van der Waals surface area contributed by atoms with Gasteiger partial charge in [-0.25, -0.2) is 9.97 Å². The molecule has 1 heterocycles. The van der Waals surface area contributed by atoms with E-state index in [1.807, 2.05) is 18.2 Å². The molecule has 0 atom stereocenters. The highest BCUT2D eigenvalue weighted by Gasteiger charge is 2.06. The lowest BCUT2D eigenvalue weighted by Gasteiger charge is -2.11. The van der Waals surface area contributed by atoms with Crippen molar-refractivity contribution < 1.29 is 9.47 Å². The molecule has 0 radical (unpaired) electrons. The van der Waals surface area contributed by atoms with Gasteiger partial charge < -0.3 is 15.2 Å². The summed E-state index contributed by atoms with van der Waals surface area (Å²) < 4.78 is 10.9. The Morgan fingerprint density at radius 2 is 1.94 bits per heavy atom. The molecule has 5 nitrogen and oxygen atoms in total. The molecule has 0 bridgehead atoms. The summed E-state index contributed by atoms with van der Waals surface area (Å²) in [4.78, 5) is 8.17. The fourth-order valence-corrected chi connectivity index (χ4v) is 1.51. The molecular weight excluding hydrogens is 230 g/mol. The van der Waals surface area contributed by atoms with Crippen molar-refractivity contribution >= 4 is 0 Å². The van der Waals surface area contributed by atoms with Gasteiger partial charge >= 0.3 is 0 Å². The van der Waals surface area contributed by atoms with E-state index in [9.17, 15) is 0 Å². The third-order valence-corrected chi connectivity index (χ3v) is 2.44. The van der Waals surface area contributed by atoms with Gasteiger partial charge in [0.15, 0.2) is 17.3 Å². The summed E-state index contributed by atoms with van der Waals surface area (Å²) in [6.07, 6.45) is 3.36. The first-order chi connectivity index (χ1) is 8.83. The molecule has 2 rings (SSSR count). The molecule has 0 aliphatic heterocycles. The van der Waals surface area contributed by atoms with E-state index < -0.39 is 0 Å². The van der Waals surface area contributed by atoms with Gasteiger partial charge in [-0.3, -0.25) is 0 Å². The number of nitrogens with two attached hydrogens (primary N) is 1. The van der Waals surface area contributed by atoms with Crippen LogP contribution in [0.4, 0.5) is 0 Å². The molecule has 2 aromatic rings. The fourth-order valence-electron chi connectivity index (χ4n) is 1.51.